The maximum absolute atomic E-state index is 12.2. The van der Waals surface area contributed by atoms with Crippen LogP contribution >= 0.6 is 15.9 Å². The lowest BCUT2D eigenvalue weighted by Gasteiger charge is -2.16. The van der Waals surface area contributed by atoms with Crippen molar-refractivity contribution in [2.45, 2.75) is 4.90 Å². The predicted octanol–water partition coefficient (Wildman–Crippen LogP) is 1.07. The Morgan fingerprint density at radius 1 is 1.28 bits per heavy atom. The number of hydrogen-bond donors (Lipinski definition) is 1. The highest BCUT2D eigenvalue weighted by atomic mass is 79.9. The monoisotopic (exact) mass is 328 g/mol. The number of benzene rings is 1. The summed E-state index contributed by atoms with van der Waals surface area (Å²) in [6.07, 6.45) is 0. The summed E-state index contributed by atoms with van der Waals surface area (Å²) in [6.45, 7) is -0.764. The summed E-state index contributed by atoms with van der Waals surface area (Å²) in [5.41, 5.74) is 5.93. The maximum Gasteiger partial charge on any atom is 0.246 e. The molecule has 0 radical (unpaired) electrons. The van der Waals surface area contributed by atoms with Gasteiger partial charge >= 0.3 is 0 Å². The first-order valence-electron chi connectivity index (χ1n) is 4.72. The highest BCUT2D eigenvalue weighted by Crippen LogP contribution is 2.26. The number of nitrogens with zero attached hydrogens (tertiary/aromatic N) is 3. The summed E-state index contributed by atoms with van der Waals surface area (Å²) in [5, 5.41) is 17.2. The van der Waals surface area contributed by atoms with Crippen molar-refractivity contribution >= 4 is 31.6 Å². The van der Waals surface area contributed by atoms with E-state index in [9.17, 15) is 8.42 Å². The summed E-state index contributed by atoms with van der Waals surface area (Å²) in [5.74, 6) is 0. The van der Waals surface area contributed by atoms with Crippen LogP contribution in [0.3, 0.4) is 0 Å². The van der Waals surface area contributed by atoms with Crippen LogP contribution in [0.1, 0.15) is 0 Å². The third-order valence-corrected chi connectivity index (χ3v) is 4.84. The van der Waals surface area contributed by atoms with E-state index in [1.165, 1.54) is 18.2 Å². The van der Waals surface area contributed by atoms with Crippen LogP contribution in [0.5, 0.6) is 0 Å². The first kappa shape index (κ1) is 14.5. The number of nitrogens with two attached hydrogens (primary N) is 1. The quantitative estimate of drug-likeness (QED) is 0.656. The zero-order valence-corrected chi connectivity index (χ0v) is 11.6. The van der Waals surface area contributed by atoms with Gasteiger partial charge in [0.1, 0.15) is 13.1 Å². The molecule has 0 aliphatic carbocycles. The van der Waals surface area contributed by atoms with E-state index < -0.39 is 10.0 Å². The largest absolute Gasteiger partial charge is 0.399 e. The number of hydrogen-bond acceptors (Lipinski definition) is 5. The Kier molecular flexibility index (Phi) is 4.68. The molecule has 0 atom stereocenters. The van der Waals surface area contributed by atoms with Crippen LogP contribution in [0.4, 0.5) is 5.69 Å². The zero-order valence-electron chi connectivity index (χ0n) is 9.17. The number of sulfonamides is 1. The molecule has 0 spiro atoms. The SMILES string of the molecule is N#CCN(CC#N)S(=O)(=O)c1ccc(N)cc1Br. The lowest BCUT2D eigenvalue weighted by atomic mass is 10.3. The van der Waals surface area contributed by atoms with Crippen molar-refractivity contribution in [3.8, 4) is 12.1 Å². The fourth-order valence-corrected chi connectivity index (χ4v) is 3.54. The van der Waals surface area contributed by atoms with E-state index >= 15 is 0 Å². The molecule has 18 heavy (non-hydrogen) atoms. The average Bonchev–Trinajstić information content (AvgIpc) is 2.28. The molecular weight excluding hydrogens is 320 g/mol. The molecule has 0 aliphatic heterocycles. The van der Waals surface area contributed by atoms with E-state index in [0.29, 0.717) is 10.2 Å². The van der Waals surface area contributed by atoms with Gasteiger partial charge in [-0.15, -0.1) is 0 Å². The van der Waals surface area contributed by atoms with Gasteiger partial charge < -0.3 is 5.73 Å². The van der Waals surface area contributed by atoms with Crippen molar-refractivity contribution in [2.75, 3.05) is 18.8 Å². The van der Waals surface area contributed by atoms with Crippen LogP contribution in [-0.2, 0) is 10.0 Å². The summed E-state index contributed by atoms with van der Waals surface area (Å²) in [6, 6.07) is 7.65. The molecular formula is C10H9BrN4O2S. The zero-order chi connectivity index (χ0) is 13.8. The molecule has 1 rings (SSSR count). The van der Waals surface area contributed by atoms with Crippen LogP contribution in [-0.4, -0.2) is 25.8 Å². The van der Waals surface area contributed by atoms with Gasteiger partial charge in [0, 0.05) is 10.2 Å². The van der Waals surface area contributed by atoms with E-state index in [-0.39, 0.29) is 18.0 Å². The lowest BCUT2D eigenvalue weighted by Crippen LogP contribution is -2.32. The number of nitrogen functional groups attached to an aromatic ring is 1. The Morgan fingerprint density at radius 2 is 1.83 bits per heavy atom. The highest BCUT2D eigenvalue weighted by Gasteiger charge is 2.26. The molecule has 8 heteroatoms. The molecule has 2 N–H and O–H groups in total. The van der Waals surface area contributed by atoms with Crippen molar-refractivity contribution in [2.24, 2.45) is 0 Å². The Morgan fingerprint density at radius 3 is 2.28 bits per heavy atom. The summed E-state index contributed by atoms with van der Waals surface area (Å²) in [4.78, 5) is -0.0257. The Bertz CT molecular complexity index is 614. The van der Waals surface area contributed by atoms with Gasteiger partial charge in [-0.1, -0.05) is 0 Å². The Labute approximate surface area is 113 Å². The molecule has 0 bridgehead atoms. The number of nitriles is 2. The van der Waals surface area contributed by atoms with Gasteiger partial charge in [0.15, 0.2) is 0 Å². The third-order valence-electron chi connectivity index (χ3n) is 2.07. The van der Waals surface area contributed by atoms with Crippen LogP contribution in [0.25, 0.3) is 0 Å². The third kappa shape index (κ3) is 2.99. The average molecular weight is 329 g/mol. The summed E-state index contributed by atoms with van der Waals surface area (Å²) < 4.78 is 25.5. The molecule has 6 nitrogen and oxygen atoms in total. The molecule has 1 aromatic carbocycles. The molecule has 94 valence electrons. The van der Waals surface area contributed by atoms with E-state index in [2.05, 4.69) is 15.9 Å². The van der Waals surface area contributed by atoms with Gasteiger partial charge in [0.25, 0.3) is 0 Å². The fourth-order valence-electron chi connectivity index (χ4n) is 1.25. The van der Waals surface area contributed by atoms with Gasteiger partial charge in [0.2, 0.25) is 10.0 Å². The lowest BCUT2D eigenvalue weighted by molar-refractivity contribution is 0.479. The van der Waals surface area contributed by atoms with Crippen molar-refractivity contribution < 1.29 is 8.42 Å². The topological polar surface area (TPSA) is 111 Å². The van der Waals surface area contributed by atoms with Crippen molar-refractivity contribution in [3.63, 3.8) is 0 Å². The molecule has 1 aromatic rings. The first-order chi connectivity index (χ1) is 8.43. The molecule has 0 aromatic heterocycles. The minimum atomic E-state index is -3.89. The minimum absolute atomic E-state index is 0.0257. The number of rotatable bonds is 4. The molecule has 0 saturated heterocycles. The first-order valence-corrected chi connectivity index (χ1v) is 6.96. The van der Waals surface area contributed by atoms with E-state index in [1.54, 1.807) is 12.1 Å². The fraction of sp³-hybridized carbons (Fsp3) is 0.200. The maximum atomic E-state index is 12.2. The second-order valence-corrected chi connectivity index (χ2v) is 6.04. The number of anilines is 1. The van der Waals surface area contributed by atoms with Crippen LogP contribution in [0.15, 0.2) is 27.6 Å². The number of halogens is 1. The van der Waals surface area contributed by atoms with E-state index in [4.69, 9.17) is 16.3 Å². The highest BCUT2D eigenvalue weighted by molar-refractivity contribution is 9.10. The molecule has 0 fully saturated rings. The summed E-state index contributed by atoms with van der Waals surface area (Å²) >= 11 is 3.10. The van der Waals surface area contributed by atoms with E-state index in [0.717, 1.165) is 4.31 Å². The Balaban J connectivity index is 3.28. The Hall–Kier alpha value is -1.61. The molecule has 0 unspecified atom stereocenters. The van der Waals surface area contributed by atoms with Crippen LogP contribution in [0, 0.1) is 22.7 Å². The van der Waals surface area contributed by atoms with Gasteiger partial charge in [-0.2, -0.15) is 14.8 Å². The van der Waals surface area contributed by atoms with Crippen molar-refractivity contribution in [3.05, 3.63) is 22.7 Å². The van der Waals surface area contributed by atoms with Crippen LogP contribution < -0.4 is 5.73 Å². The second-order valence-electron chi connectivity index (χ2n) is 3.28. The van der Waals surface area contributed by atoms with Gasteiger partial charge in [-0.25, -0.2) is 8.42 Å². The standard InChI is InChI=1S/C10H9BrN4O2S/c11-9-7-8(14)1-2-10(9)18(16,17)15(5-3-12)6-4-13/h1-2,7H,5-6,14H2. The smallest absolute Gasteiger partial charge is 0.246 e. The summed E-state index contributed by atoms with van der Waals surface area (Å²) in [7, 11) is -3.89. The molecule has 0 saturated carbocycles. The second kappa shape index (κ2) is 5.83. The molecule has 0 aliphatic rings. The van der Waals surface area contributed by atoms with Crippen molar-refractivity contribution in [1.29, 1.82) is 10.5 Å². The predicted molar refractivity (Wildman–Crippen MR) is 68.5 cm³/mol. The molecule has 0 amide bonds. The molecule has 0 heterocycles. The van der Waals surface area contributed by atoms with Gasteiger partial charge in [0.05, 0.1) is 17.0 Å². The van der Waals surface area contributed by atoms with Gasteiger partial charge in [-0.05, 0) is 34.1 Å². The normalized spacial score (nSPS) is 10.9. The van der Waals surface area contributed by atoms with Crippen molar-refractivity contribution in [1.82, 2.24) is 4.31 Å². The minimum Gasteiger partial charge on any atom is -0.399 e. The van der Waals surface area contributed by atoms with Crippen LogP contribution in [0.2, 0.25) is 0 Å². The van der Waals surface area contributed by atoms with E-state index in [1.807, 2.05) is 0 Å². The van der Waals surface area contributed by atoms with Gasteiger partial charge in [-0.3, -0.25) is 0 Å².